The topological polar surface area (TPSA) is 153 Å². The summed E-state index contributed by atoms with van der Waals surface area (Å²) in [6, 6.07) is 6.02. The molecule has 1 aromatic heterocycles. The fourth-order valence-electron chi connectivity index (χ4n) is 2.84. The smallest absolute Gasteiger partial charge is 0.273 e. The maximum atomic E-state index is 12.3. The van der Waals surface area contributed by atoms with Crippen molar-refractivity contribution < 1.29 is 34.7 Å². The SMILES string of the molecule is C[N+](C)(CCCCNS(=O)(=O)c1ccc(Cl)cc1)CCNC(=O)c1nc(Cl)c(N)nc1N.[Br-]. The molecular weight excluding hydrogens is 557 g/mol. The Morgan fingerprint density at radius 2 is 1.64 bits per heavy atom. The van der Waals surface area contributed by atoms with Crippen molar-refractivity contribution in [2.45, 2.75) is 17.7 Å². The Labute approximate surface area is 214 Å². The van der Waals surface area contributed by atoms with Crippen LogP contribution in [0.2, 0.25) is 10.2 Å². The fourth-order valence-corrected chi connectivity index (χ4v) is 4.17. The number of nitrogen functional groups attached to an aromatic ring is 2. The van der Waals surface area contributed by atoms with Gasteiger partial charge in [-0.05, 0) is 37.1 Å². The lowest BCUT2D eigenvalue weighted by Crippen LogP contribution is -3.00. The first kappa shape index (κ1) is 29.3. The number of carbonyl (C=O) groups excluding carboxylic acids is 1. The minimum absolute atomic E-state index is 0. The number of hydrogen-bond acceptors (Lipinski definition) is 7. The number of nitrogens with zero attached hydrogens (tertiary/aromatic N) is 3. The van der Waals surface area contributed by atoms with Gasteiger partial charge in [0.05, 0.1) is 38.6 Å². The Kier molecular flexibility index (Phi) is 11.3. The zero-order valence-electron chi connectivity index (χ0n) is 18.3. The number of rotatable bonds is 11. The van der Waals surface area contributed by atoms with Crippen molar-refractivity contribution in [3.05, 3.63) is 40.1 Å². The van der Waals surface area contributed by atoms with E-state index in [4.69, 9.17) is 34.7 Å². The second-order valence-corrected chi connectivity index (χ2v) is 10.4. The van der Waals surface area contributed by atoms with Gasteiger partial charge in [-0.1, -0.05) is 23.2 Å². The molecule has 0 saturated carbocycles. The molecule has 1 amide bonds. The number of sulfonamides is 1. The number of nitrogens with two attached hydrogens (primary N) is 2. The Bertz CT molecular complexity index is 1050. The molecule has 1 aromatic carbocycles. The van der Waals surface area contributed by atoms with Crippen LogP contribution >= 0.6 is 23.2 Å². The average molecular weight is 585 g/mol. The zero-order valence-corrected chi connectivity index (χ0v) is 22.2. The fraction of sp³-hybridized carbons (Fsp3) is 0.421. The number of nitrogens with one attached hydrogen (secondary N) is 2. The van der Waals surface area contributed by atoms with E-state index in [2.05, 4.69) is 20.0 Å². The molecule has 0 aliphatic heterocycles. The molecule has 184 valence electrons. The van der Waals surface area contributed by atoms with E-state index in [1.165, 1.54) is 24.3 Å². The minimum atomic E-state index is -3.55. The van der Waals surface area contributed by atoms with Gasteiger partial charge < -0.3 is 38.2 Å². The highest BCUT2D eigenvalue weighted by atomic mass is 79.9. The molecule has 0 unspecified atom stereocenters. The first-order valence-electron chi connectivity index (χ1n) is 9.85. The summed E-state index contributed by atoms with van der Waals surface area (Å²) in [5, 5.41) is 3.15. The van der Waals surface area contributed by atoms with E-state index < -0.39 is 15.9 Å². The molecule has 1 heterocycles. The van der Waals surface area contributed by atoms with Crippen molar-refractivity contribution in [2.24, 2.45) is 0 Å². The van der Waals surface area contributed by atoms with Gasteiger partial charge in [0.25, 0.3) is 5.91 Å². The van der Waals surface area contributed by atoms with Crippen molar-refractivity contribution in [1.82, 2.24) is 20.0 Å². The molecule has 14 heteroatoms. The van der Waals surface area contributed by atoms with E-state index in [0.29, 0.717) is 35.6 Å². The number of unbranched alkanes of at least 4 members (excludes halogenated alkanes) is 1. The molecule has 10 nitrogen and oxygen atoms in total. The lowest BCUT2D eigenvalue weighted by Gasteiger charge is -2.30. The van der Waals surface area contributed by atoms with E-state index in [0.717, 1.165) is 13.0 Å². The van der Waals surface area contributed by atoms with Gasteiger partial charge in [0.2, 0.25) is 10.0 Å². The molecule has 2 rings (SSSR count). The summed E-state index contributed by atoms with van der Waals surface area (Å²) in [4.78, 5) is 20.1. The van der Waals surface area contributed by atoms with Crippen LogP contribution in [-0.4, -0.2) is 69.1 Å². The van der Waals surface area contributed by atoms with E-state index in [1.807, 2.05) is 14.1 Å². The maximum absolute atomic E-state index is 12.3. The predicted octanol–water partition coefficient (Wildman–Crippen LogP) is -1.48. The van der Waals surface area contributed by atoms with Gasteiger partial charge in [-0.25, -0.2) is 23.1 Å². The highest BCUT2D eigenvalue weighted by molar-refractivity contribution is 7.89. The molecule has 0 fully saturated rings. The third kappa shape index (κ3) is 9.22. The van der Waals surface area contributed by atoms with Crippen LogP contribution < -0.4 is 38.5 Å². The highest BCUT2D eigenvalue weighted by Crippen LogP contribution is 2.17. The summed E-state index contributed by atoms with van der Waals surface area (Å²) in [6.45, 7) is 2.17. The summed E-state index contributed by atoms with van der Waals surface area (Å²) in [5.41, 5.74) is 11.1. The quantitative estimate of drug-likeness (QED) is 0.185. The highest BCUT2D eigenvalue weighted by Gasteiger charge is 2.19. The van der Waals surface area contributed by atoms with Crippen LogP contribution in [0.1, 0.15) is 23.3 Å². The number of quaternary nitrogens is 1. The van der Waals surface area contributed by atoms with Gasteiger partial charge in [0.15, 0.2) is 22.5 Å². The van der Waals surface area contributed by atoms with E-state index >= 15 is 0 Å². The largest absolute Gasteiger partial charge is 1.00 e. The van der Waals surface area contributed by atoms with Crippen LogP contribution in [0, 0.1) is 0 Å². The van der Waals surface area contributed by atoms with Crippen LogP contribution in [0.5, 0.6) is 0 Å². The maximum Gasteiger partial charge on any atom is 0.273 e. The normalized spacial score (nSPS) is 11.6. The second-order valence-electron chi connectivity index (χ2n) is 7.83. The number of likely N-dealkylation sites (N-methyl/N-ethyl adjacent to an activating group) is 1. The summed E-state index contributed by atoms with van der Waals surface area (Å²) in [5.74, 6) is -0.596. The summed E-state index contributed by atoms with van der Waals surface area (Å²) >= 11 is 11.6. The monoisotopic (exact) mass is 583 g/mol. The van der Waals surface area contributed by atoms with Crippen LogP contribution in [0.4, 0.5) is 11.6 Å². The number of hydrogen-bond donors (Lipinski definition) is 4. The third-order valence-electron chi connectivity index (χ3n) is 4.73. The second kappa shape index (κ2) is 12.7. The number of halogens is 3. The van der Waals surface area contributed by atoms with Crippen molar-refractivity contribution in [1.29, 1.82) is 0 Å². The van der Waals surface area contributed by atoms with Crippen molar-refractivity contribution in [3.63, 3.8) is 0 Å². The van der Waals surface area contributed by atoms with Crippen molar-refractivity contribution >= 4 is 50.8 Å². The number of anilines is 2. The Morgan fingerprint density at radius 1 is 1.00 bits per heavy atom. The van der Waals surface area contributed by atoms with Gasteiger partial charge in [0, 0.05) is 11.6 Å². The van der Waals surface area contributed by atoms with Crippen LogP contribution in [-0.2, 0) is 10.0 Å². The number of carbonyl (C=O) groups is 1. The van der Waals surface area contributed by atoms with Crippen molar-refractivity contribution in [3.8, 4) is 0 Å². The molecule has 0 atom stereocenters. The lowest BCUT2D eigenvalue weighted by atomic mass is 10.2. The van der Waals surface area contributed by atoms with Gasteiger partial charge in [-0.3, -0.25) is 4.79 Å². The van der Waals surface area contributed by atoms with Crippen molar-refractivity contribution in [2.75, 3.05) is 51.7 Å². The first-order valence-corrected chi connectivity index (χ1v) is 12.1. The average Bonchev–Trinajstić information content (AvgIpc) is 2.70. The summed E-state index contributed by atoms with van der Waals surface area (Å²) in [7, 11) is 0.500. The zero-order chi connectivity index (χ0) is 23.9. The molecule has 33 heavy (non-hydrogen) atoms. The Hall–Kier alpha value is -1.70. The molecular formula is C19H28BrCl2N7O3S. The minimum Gasteiger partial charge on any atom is -1.00 e. The van der Waals surface area contributed by atoms with Gasteiger partial charge in [-0.15, -0.1) is 0 Å². The summed E-state index contributed by atoms with van der Waals surface area (Å²) in [6.07, 6.45) is 1.48. The predicted molar refractivity (Wildman–Crippen MR) is 126 cm³/mol. The molecule has 6 N–H and O–H groups in total. The molecule has 2 aromatic rings. The van der Waals surface area contributed by atoms with Gasteiger partial charge in [0.1, 0.15) is 0 Å². The molecule has 0 saturated heterocycles. The Morgan fingerprint density at radius 3 is 2.27 bits per heavy atom. The van der Waals surface area contributed by atoms with Crippen LogP contribution in [0.15, 0.2) is 29.2 Å². The van der Waals surface area contributed by atoms with E-state index in [1.54, 1.807) is 0 Å². The molecule has 0 spiro atoms. The van der Waals surface area contributed by atoms with Gasteiger partial charge >= 0.3 is 0 Å². The number of benzene rings is 1. The van der Waals surface area contributed by atoms with Crippen LogP contribution in [0.3, 0.4) is 0 Å². The molecule has 0 aliphatic rings. The number of aromatic nitrogens is 2. The van der Waals surface area contributed by atoms with E-state index in [9.17, 15) is 13.2 Å². The first-order chi connectivity index (χ1) is 14.9. The molecule has 0 aliphatic carbocycles. The Balaban J connectivity index is 0.00000544. The van der Waals surface area contributed by atoms with Crippen LogP contribution in [0.25, 0.3) is 0 Å². The lowest BCUT2D eigenvalue weighted by molar-refractivity contribution is -0.889. The van der Waals surface area contributed by atoms with Gasteiger partial charge in [-0.2, -0.15) is 0 Å². The molecule has 0 radical (unpaired) electrons. The standard InChI is InChI=1S/C19H27Cl2N7O3S.BrH/c1-28(2,12-10-24-19(29)15-17(22)27-18(23)16(21)26-15)11-4-3-9-25-32(30,31)14-7-5-13(20)6-8-14;/h5-8,25H,3-4,9-12H2,1-2H3,(H4-,22,23,24,27,29);1H. The molecule has 0 bridgehead atoms. The van der Waals surface area contributed by atoms with E-state index in [-0.39, 0.29) is 44.4 Å². The summed E-state index contributed by atoms with van der Waals surface area (Å²) < 4.78 is 27.7. The number of amides is 1. The third-order valence-corrected chi connectivity index (χ3v) is 6.74.